The van der Waals surface area contributed by atoms with Crippen LogP contribution in [0.15, 0.2) is 24.3 Å². The second-order valence-electron chi connectivity index (χ2n) is 5.29. The first-order valence-electron chi connectivity index (χ1n) is 6.10. The van der Waals surface area contributed by atoms with Crippen molar-refractivity contribution in [2.45, 2.75) is 32.3 Å². The van der Waals surface area contributed by atoms with Gasteiger partial charge in [0, 0.05) is 17.8 Å². The molecular weight excluding hydrogens is 313 g/mol. The number of amides is 1. The van der Waals surface area contributed by atoms with Crippen molar-refractivity contribution in [1.82, 2.24) is 5.32 Å². The lowest BCUT2D eigenvalue weighted by atomic mass is 10.0. The molecule has 1 amide bonds. The fourth-order valence-corrected chi connectivity index (χ4v) is 2.12. The van der Waals surface area contributed by atoms with E-state index in [-0.39, 0.29) is 11.7 Å². The molecule has 1 rings (SSSR count). The Bertz CT molecular complexity index is 414. The molecule has 0 saturated heterocycles. The third-order valence-electron chi connectivity index (χ3n) is 2.42. The summed E-state index contributed by atoms with van der Waals surface area (Å²) in [5.74, 6) is -0.190. The van der Waals surface area contributed by atoms with Crippen molar-refractivity contribution in [3.63, 3.8) is 0 Å². The number of alkyl halides is 1. The summed E-state index contributed by atoms with van der Waals surface area (Å²) in [6.07, 6.45) is -0.444. The van der Waals surface area contributed by atoms with E-state index in [1.807, 2.05) is 20.8 Å². The van der Waals surface area contributed by atoms with Crippen LogP contribution in [0.3, 0.4) is 0 Å². The van der Waals surface area contributed by atoms with Crippen LogP contribution in [-0.2, 0) is 4.74 Å². The van der Waals surface area contributed by atoms with Gasteiger partial charge < -0.3 is 10.1 Å². The maximum atomic E-state index is 12.9. The minimum Gasteiger partial charge on any atom is -0.444 e. The summed E-state index contributed by atoms with van der Waals surface area (Å²) in [5, 5.41) is 3.39. The minimum absolute atomic E-state index is 0.0770. The zero-order valence-electron chi connectivity index (χ0n) is 11.4. The molecule has 0 aliphatic rings. The largest absolute Gasteiger partial charge is 0.444 e. The second-order valence-corrected chi connectivity index (χ2v) is 5.93. The Labute approximate surface area is 121 Å². The average Bonchev–Trinajstić information content (AvgIpc) is 2.29. The maximum Gasteiger partial charge on any atom is 0.407 e. The van der Waals surface area contributed by atoms with Gasteiger partial charge in [-0.25, -0.2) is 9.18 Å². The molecule has 5 heteroatoms. The number of nitrogens with one attached hydrogen (secondary N) is 1. The van der Waals surface area contributed by atoms with Crippen LogP contribution in [0.25, 0.3) is 0 Å². The van der Waals surface area contributed by atoms with E-state index in [9.17, 15) is 9.18 Å². The Morgan fingerprint density at radius 2 is 1.95 bits per heavy atom. The normalized spacial score (nSPS) is 12.9. The molecule has 0 fully saturated rings. The Kier molecular flexibility index (Phi) is 5.79. The Balaban J connectivity index is 2.54. The molecule has 1 aromatic carbocycles. The van der Waals surface area contributed by atoms with E-state index in [1.54, 1.807) is 12.1 Å². The van der Waals surface area contributed by atoms with Crippen molar-refractivity contribution in [1.29, 1.82) is 0 Å². The van der Waals surface area contributed by atoms with Gasteiger partial charge in [-0.15, -0.1) is 0 Å². The molecule has 0 heterocycles. The van der Waals surface area contributed by atoms with Crippen LogP contribution >= 0.6 is 15.9 Å². The molecule has 19 heavy (non-hydrogen) atoms. The highest BCUT2D eigenvalue weighted by Crippen LogP contribution is 2.18. The van der Waals surface area contributed by atoms with Gasteiger partial charge in [0.05, 0.1) is 0 Å². The predicted octanol–water partition coefficient (Wildman–Crippen LogP) is 3.83. The first-order valence-corrected chi connectivity index (χ1v) is 7.22. The highest BCUT2D eigenvalue weighted by atomic mass is 79.9. The summed E-state index contributed by atoms with van der Waals surface area (Å²) in [7, 11) is 0. The quantitative estimate of drug-likeness (QED) is 0.851. The topological polar surface area (TPSA) is 38.3 Å². The molecule has 106 valence electrons. The number of alkyl carbamates (subject to hydrolysis) is 1. The molecular formula is C14H19BrFNO2. The third-order valence-corrected chi connectivity index (χ3v) is 3.20. The van der Waals surface area contributed by atoms with E-state index >= 15 is 0 Å². The van der Waals surface area contributed by atoms with Gasteiger partial charge in [-0.1, -0.05) is 28.1 Å². The SMILES string of the molecule is CC(C)(C)OC(=O)NC[C@H](CBr)c1ccc(F)cc1. The number of carbonyl (C=O) groups excluding carboxylic acids is 1. The molecule has 0 aromatic heterocycles. The van der Waals surface area contributed by atoms with Gasteiger partial charge in [0.15, 0.2) is 0 Å². The molecule has 1 aromatic rings. The average molecular weight is 332 g/mol. The third kappa shape index (κ3) is 6.05. The van der Waals surface area contributed by atoms with Crippen molar-refractivity contribution in [3.05, 3.63) is 35.6 Å². The van der Waals surface area contributed by atoms with Crippen LogP contribution < -0.4 is 5.32 Å². The highest BCUT2D eigenvalue weighted by molar-refractivity contribution is 9.09. The standard InChI is InChI=1S/C14H19BrFNO2/c1-14(2,3)19-13(18)17-9-11(8-15)10-4-6-12(16)7-5-10/h4-7,11H,8-9H2,1-3H3,(H,17,18)/t11-/m0/s1. The van der Waals surface area contributed by atoms with Gasteiger partial charge >= 0.3 is 6.09 Å². The smallest absolute Gasteiger partial charge is 0.407 e. The highest BCUT2D eigenvalue weighted by Gasteiger charge is 2.17. The lowest BCUT2D eigenvalue weighted by Gasteiger charge is -2.21. The van der Waals surface area contributed by atoms with E-state index in [0.717, 1.165) is 5.56 Å². The monoisotopic (exact) mass is 331 g/mol. The van der Waals surface area contributed by atoms with Gasteiger partial charge in [-0.3, -0.25) is 0 Å². The van der Waals surface area contributed by atoms with E-state index in [0.29, 0.717) is 11.9 Å². The zero-order valence-corrected chi connectivity index (χ0v) is 13.0. The van der Waals surface area contributed by atoms with E-state index in [4.69, 9.17) is 4.74 Å². The molecule has 0 unspecified atom stereocenters. The van der Waals surface area contributed by atoms with Gasteiger partial charge in [-0.05, 0) is 38.5 Å². The van der Waals surface area contributed by atoms with Crippen LogP contribution in [0.2, 0.25) is 0 Å². The Morgan fingerprint density at radius 3 is 2.42 bits per heavy atom. The maximum absolute atomic E-state index is 12.9. The van der Waals surface area contributed by atoms with Gasteiger partial charge in [0.2, 0.25) is 0 Å². The second kappa shape index (κ2) is 6.89. The van der Waals surface area contributed by atoms with Crippen molar-refractivity contribution in [2.75, 3.05) is 11.9 Å². The molecule has 0 bridgehead atoms. The number of carbonyl (C=O) groups is 1. The van der Waals surface area contributed by atoms with E-state index in [1.165, 1.54) is 12.1 Å². The summed E-state index contributed by atoms with van der Waals surface area (Å²) < 4.78 is 18.0. The number of halogens is 2. The number of benzene rings is 1. The first kappa shape index (κ1) is 16.0. The van der Waals surface area contributed by atoms with Gasteiger partial charge in [-0.2, -0.15) is 0 Å². The van der Waals surface area contributed by atoms with Crippen LogP contribution in [0.4, 0.5) is 9.18 Å². The molecule has 1 N–H and O–H groups in total. The number of rotatable bonds is 4. The Hall–Kier alpha value is -1.10. The molecule has 0 aliphatic carbocycles. The molecule has 3 nitrogen and oxygen atoms in total. The van der Waals surface area contributed by atoms with Crippen molar-refractivity contribution in [3.8, 4) is 0 Å². The van der Waals surface area contributed by atoms with Gasteiger partial charge in [0.25, 0.3) is 0 Å². The fourth-order valence-electron chi connectivity index (χ4n) is 1.52. The first-order chi connectivity index (χ1) is 8.81. The zero-order chi connectivity index (χ0) is 14.5. The predicted molar refractivity (Wildman–Crippen MR) is 77.2 cm³/mol. The van der Waals surface area contributed by atoms with Crippen LogP contribution in [0.5, 0.6) is 0 Å². The van der Waals surface area contributed by atoms with Crippen molar-refractivity contribution in [2.24, 2.45) is 0 Å². The lowest BCUT2D eigenvalue weighted by molar-refractivity contribution is 0.0525. The lowest BCUT2D eigenvalue weighted by Crippen LogP contribution is -2.35. The van der Waals surface area contributed by atoms with E-state index < -0.39 is 11.7 Å². The summed E-state index contributed by atoms with van der Waals surface area (Å²) in [4.78, 5) is 11.6. The number of ether oxygens (including phenoxy) is 1. The molecule has 0 radical (unpaired) electrons. The summed E-state index contributed by atoms with van der Waals surface area (Å²) in [6, 6.07) is 6.27. The minimum atomic E-state index is -0.510. The van der Waals surface area contributed by atoms with Crippen LogP contribution in [0, 0.1) is 5.82 Å². The van der Waals surface area contributed by atoms with Gasteiger partial charge in [0.1, 0.15) is 11.4 Å². The summed E-state index contributed by atoms with van der Waals surface area (Å²) >= 11 is 3.40. The van der Waals surface area contributed by atoms with Crippen molar-refractivity contribution < 1.29 is 13.9 Å². The number of hydrogen-bond donors (Lipinski definition) is 1. The fraction of sp³-hybridized carbons (Fsp3) is 0.500. The summed E-state index contributed by atoms with van der Waals surface area (Å²) in [5.41, 5.74) is 0.457. The number of hydrogen-bond acceptors (Lipinski definition) is 2. The molecule has 1 atom stereocenters. The molecule has 0 spiro atoms. The Morgan fingerprint density at radius 1 is 1.37 bits per heavy atom. The summed E-state index contributed by atoms with van der Waals surface area (Å²) in [6.45, 7) is 5.88. The molecule has 0 saturated carbocycles. The van der Waals surface area contributed by atoms with E-state index in [2.05, 4.69) is 21.2 Å². The van der Waals surface area contributed by atoms with Crippen LogP contribution in [-0.4, -0.2) is 23.6 Å². The van der Waals surface area contributed by atoms with Crippen LogP contribution in [0.1, 0.15) is 32.3 Å². The molecule has 0 aliphatic heterocycles. The van der Waals surface area contributed by atoms with Crippen molar-refractivity contribution >= 4 is 22.0 Å².